The average Bonchev–Trinajstić information content (AvgIpc) is 2.64. The molecular weight excluding hydrogens is 148 g/mol. The van der Waals surface area contributed by atoms with Crippen molar-refractivity contribution in [3.63, 3.8) is 0 Å². The van der Waals surface area contributed by atoms with Crippen LogP contribution in [0.15, 0.2) is 0 Å². The van der Waals surface area contributed by atoms with Gasteiger partial charge in [0.15, 0.2) is 5.11 Å². The molecule has 2 fully saturated rings. The lowest BCUT2D eigenvalue weighted by molar-refractivity contribution is -0.124. The summed E-state index contributed by atoms with van der Waals surface area (Å²) in [5, 5.41) is 3.47. The molecule has 1 saturated carbocycles. The van der Waals surface area contributed by atoms with E-state index in [1.165, 1.54) is 0 Å². The van der Waals surface area contributed by atoms with Crippen molar-refractivity contribution in [3.05, 3.63) is 0 Å². The number of carbonyl (C=O) groups is 1. The summed E-state index contributed by atoms with van der Waals surface area (Å²) in [6.45, 7) is 0.398. The third-order valence-corrected chi connectivity index (χ3v) is 2.13. The van der Waals surface area contributed by atoms with Gasteiger partial charge in [-0.15, -0.1) is 0 Å². The van der Waals surface area contributed by atoms with E-state index in [4.69, 9.17) is 12.2 Å². The minimum absolute atomic E-state index is 0.132. The number of thiocarbonyl (C=S) groups is 1. The maximum Gasteiger partial charge on any atom is 0.248 e. The molecule has 0 radical (unpaired) electrons. The fraction of sp³-hybridized carbons (Fsp3) is 0.667. The van der Waals surface area contributed by atoms with Gasteiger partial charge in [-0.3, -0.25) is 9.69 Å². The Morgan fingerprint density at radius 1 is 1.60 bits per heavy atom. The highest BCUT2D eigenvalue weighted by atomic mass is 32.1. The van der Waals surface area contributed by atoms with Crippen molar-refractivity contribution in [3.8, 4) is 0 Å². The van der Waals surface area contributed by atoms with Crippen LogP contribution in [0.3, 0.4) is 0 Å². The van der Waals surface area contributed by atoms with E-state index in [1.54, 1.807) is 4.90 Å². The topological polar surface area (TPSA) is 32.3 Å². The lowest BCUT2D eigenvalue weighted by Crippen LogP contribution is -2.32. The second-order valence-electron chi connectivity index (χ2n) is 2.65. The summed E-state index contributed by atoms with van der Waals surface area (Å²) in [5.41, 5.74) is 0. The minimum Gasteiger partial charge on any atom is -0.353 e. The SMILES string of the molecule is O=C1CNC(=S)N1C1CC1. The predicted molar refractivity (Wildman–Crippen MR) is 40.5 cm³/mol. The van der Waals surface area contributed by atoms with E-state index in [0.29, 0.717) is 17.7 Å². The summed E-state index contributed by atoms with van der Waals surface area (Å²) < 4.78 is 0. The first-order valence-corrected chi connectivity index (χ1v) is 3.80. The number of hydrogen-bond donors (Lipinski definition) is 1. The van der Waals surface area contributed by atoms with Crippen molar-refractivity contribution < 1.29 is 4.79 Å². The maximum absolute atomic E-state index is 11.0. The molecule has 0 atom stereocenters. The number of nitrogens with one attached hydrogen (secondary N) is 1. The van der Waals surface area contributed by atoms with Gasteiger partial charge < -0.3 is 5.32 Å². The first kappa shape index (κ1) is 6.09. The standard InChI is InChI=1S/C6H8N2OS/c9-5-3-7-6(10)8(5)4-1-2-4/h4H,1-3H2,(H,7,10). The second kappa shape index (κ2) is 1.92. The molecule has 2 rings (SSSR count). The highest BCUT2D eigenvalue weighted by Gasteiger charge is 2.38. The van der Waals surface area contributed by atoms with E-state index in [9.17, 15) is 4.79 Å². The van der Waals surface area contributed by atoms with Crippen molar-refractivity contribution in [2.45, 2.75) is 18.9 Å². The Hall–Kier alpha value is -0.640. The monoisotopic (exact) mass is 156 g/mol. The Bertz CT molecular complexity index is 184. The zero-order valence-corrected chi connectivity index (χ0v) is 6.28. The molecule has 0 aromatic carbocycles. The van der Waals surface area contributed by atoms with Crippen molar-refractivity contribution in [1.29, 1.82) is 0 Å². The lowest BCUT2D eigenvalue weighted by atomic mass is 10.5. The van der Waals surface area contributed by atoms with Gasteiger partial charge in [0.2, 0.25) is 5.91 Å². The molecule has 10 heavy (non-hydrogen) atoms. The molecule has 1 saturated heterocycles. The molecule has 1 aliphatic heterocycles. The number of hydrogen-bond acceptors (Lipinski definition) is 2. The average molecular weight is 156 g/mol. The largest absolute Gasteiger partial charge is 0.353 e. The van der Waals surface area contributed by atoms with Gasteiger partial charge in [0.05, 0.1) is 6.54 Å². The summed E-state index contributed by atoms with van der Waals surface area (Å²) in [6.07, 6.45) is 2.24. The van der Waals surface area contributed by atoms with E-state index >= 15 is 0 Å². The van der Waals surface area contributed by atoms with Gasteiger partial charge in [-0.25, -0.2) is 0 Å². The van der Waals surface area contributed by atoms with E-state index in [1.807, 2.05) is 0 Å². The lowest BCUT2D eigenvalue weighted by Gasteiger charge is -2.11. The summed E-state index contributed by atoms with van der Waals surface area (Å²) in [7, 11) is 0. The Morgan fingerprint density at radius 3 is 2.70 bits per heavy atom. The first-order valence-electron chi connectivity index (χ1n) is 3.39. The van der Waals surface area contributed by atoms with E-state index in [-0.39, 0.29) is 5.91 Å². The molecule has 4 heteroatoms. The van der Waals surface area contributed by atoms with Crippen molar-refractivity contribution in [2.24, 2.45) is 0 Å². The quantitative estimate of drug-likeness (QED) is 0.536. The molecule has 2 aliphatic rings. The van der Waals surface area contributed by atoms with Gasteiger partial charge in [0.1, 0.15) is 0 Å². The van der Waals surface area contributed by atoms with Crippen LogP contribution in [0.25, 0.3) is 0 Å². The highest BCUT2D eigenvalue weighted by molar-refractivity contribution is 7.80. The Kier molecular flexibility index (Phi) is 1.17. The van der Waals surface area contributed by atoms with Gasteiger partial charge in [0, 0.05) is 6.04 Å². The van der Waals surface area contributed by atoms with Crippen LogP contribution in [0.5, 0.6) is 0 Å². The van der Waals surface area contributed by atoms with Crippen molar-refractivity contribution in [1.82, 2.24) is 10.2 Å². The smallest absolute Gasteiger partial charge is 0.248 e. The molecule has 0 bridgehead atoms. The Labute approximate surface area is 64.4 Å². The van der Waals surface area contributed by atoms with Crippen LogP contribution in [0.1, 0.15) is 12.8 Å². The fourth-order valence-corrected chi connectivity index (χ4v) is 1.46. The molecule has 0 unspecified atom stereocenters. The molecule has 54 valence electrons. The second-order valence-corrected chi connectivity index (χ2v) is 3.04. The number of carbonyl (C=O) groups excluding carboxylic acids is 1. The zero-order valence-electron chi connectivity index (χ0n) is 5.46. The van der Waals surface area contributed by atoms with Crippen molar-refractivity contribution in [2.75, 3.05) is 6.54 Å². The zero-order chi connectivity index (χ0) is 7.14. The summed E-state index contributed by atoms with van der Waals surface area (Å²) in [6, 6.07) is 0.426. The molecule has 3 nitrogen and oxygen atoms in total. The van der Waals surface area contributed by atoms with Crippen LogP contribution in [-0.4, -0.2) is 28.5 Å². The summed E-state index contributed by atoms with van der Waals surface area (Å²) >= 11 is 4.93. The van der Waals surface area contributed by atoms with Crippen LogP contribution >= 0.6 is 12.2 Å². The van der Waals surface area contributed by atoms with E-state index in [0.717, 1.165) is 12.8 Å². The van der Waals surface area contributed by atoms with Crippen LogP contribution in [0.4, 0.5) is 0 Å². The van der Waals surface area contributed by atoms with E-state index in [2.05, 4.69) is 5.32 Å². The van der Waals surface area contributed by atoms with Gasteiger partial charge in [0.25, 0.3) is 0 Å². The molecular formula is C6H8N2OS. The molecule has 0 aromatic heterocycles. The van der Waals surface area contributed by atoms with Crippen LogP contribution < -0.4 is 5.32 Å². The predicted octanol–water partition coefficient (Wildman–Crippen LogP) is -0.134. The third-order valence-electron chi connectivity index (χ3n) is 1.79. The summed E-state index contributed by atoms with van der Waals surface area (Å²) in [5.74, 6) is 0.132. The van der Waals surface area contributed by atoms with Gasteiger partial charge in [-0.05, 0) is 25.1 Å². The molecule has 1 heterocycles. The van der Waals surface area contributed by atoms with Gasteiger partial charge in [-0.2, -0.15) is 0 Å². The normalized spacial score (nSPS) is 25.4. The van der Waals surface area contributed by atoms with E-state index < -0.39 is 0 Å². The number of nitrogens with zero attached hydrogens (tertiary/aromatic N) is 1. The Balaban J connectivity index is 2.15. The maximum atomic E-state index is 11.0. The van der Waals surface area contributed by atoms with Gasteiger partial charge >= 0.3 is 0 Å². The van der Waals surface area contributed by atoms with Crippen molar-refractivity contribution >= 4 is 23.2 Å². The molecule has 0 spiro atoms. The first-order chi connectivity index (χ1) is 4.79. The molecule has 1 amide bonds. The van der Waals surface area contributed by atoms with Crippen LogP contribution in [0.2, 0.25) is 0 Å². The summed E-state index contributed by atoms with van der Waals surface area (Å²) in [4.78, 5) is 12.7. The third kappa shape index (κ3) is 0.794. The fourth-order valence-electron chi connectivity index (χ4n) is 1.14. The molecule has 1 N–H and O–H groups in total. The van der Waals surface area contributed by atoms with Crippen LogP contribution in [-0.2, 0) is 4.79 Å². The van der Waals surface area contributed by atoms with Crippen LogP contribution in [0, 0.1) is 0 Å². The minimum atomic E-state index is 0.132. The van der Waals surface area contributed by atoms with Gasteiger partial charge in [-0.1, -0.05) is 0 Å². The highest BCUT2D eigenvalue weighted by Crippen LogP contribution is 2.28. The number of rotatable bonds is 1. The molecule has 0 aromatic rings. The Morgan fingerprint density at radius 2 is 2.30 bits per heavy atom. The molecule has 1 aliphatic carbocycles. The number of amides is 1.